The maximum Gasteiger partial charge on any atom is 0.429 e. The third-order valence-corrected chi connectivity index (χ3v) is 7.68. The Kier molecular flexibility index (Phi) is 10.9. The van der Waals surface area contributed by atoms with Crippen LogP contribution in [0.25, 0.3) is 11.1 Å². The highest BCUT2D eigenvalue weighted by Gasteiger charge is 2.28. The molecule has 0 spiro atoms. The highest BCUT2D eigenvalue weighted by Crippen LogP contribution is 2.33. The Morgan fingerprint density at radius 1 is 0.837 bits per heavy atom. The molecule has 43 heavy (non-hydrogen) atoms. The van der Waals surface area contributed by atoms with Gasteiger partial charge in [0.2, 0.25) is 5.91 Å². The summed E-state index contributed by atoms with van der Waals surface area (Å²) in [4.78, 5) is 38.5. The molecular weight excluding hydrogens is 542 g/mol. The molecule has 0 radical (unpaired) electrons. The zero-order valence-electron chi connectivity index (χ0n) is 24.6. The van der Waals surface area contributed by atoms with Crippen LogP contribution in [0.1, 0.15) is 42.5 Å². The number of carbonyl (C=O) groups excluding carboxylic acids is 3. The van der Waals surface area contributed by atoms with Gasteiger partial charge in [-0.05, 0) is 61.9 Å². The van der Waals surface area contributed by atoms with Gasteiger partial charge in [-0.2, -0.15) is 0 Å². The number of anilines is 2. The summed E-state index contributed by atoms with van der Waals surface area (Å²) < 4.78 is 5.72. The number of amides is 2. The monoisotopic (exact) mass is 583 g/mol. The molecule has 5 rings (SSSR count). The van der Waals surface area contributed by atoms with E-state index in [1.165, 1.54) is 12.8 Å². The van der Waals surface area contributed by atoms with E-state index in [1.54, 1.807) is 29.3 Å². The molecule has 226 valence electrons. The number of piperidine rings is 1. The average molecular weight is 584 g/mol. The van der Waals surface area contributed by atoms with Crippen LogP contribution in [0.3, 0.4) is 0 Å². The molecule has 1 aliphatic carbocycles. The van der Waals surface area contributed by atoms with E-state index < -0.39 is 6.09 Å². The van der Waals surface area contributed by atoms with Crippen LogP contribution in [0, 0.1) is 5.92 Å². The van der Waals surface area contributed by atoms with E-state index >= 15 is 0 Å². The van der Waals surface area contributed by atoms with Gasteiger partial charge >= 0.3 is 6.09 Å². The standard InChI is InChI=1S/C34H41N5O4/c40-32(28-12-9-13-29(22-28)37-33(41)25-36-23-26-16-17-26)24-35-18-21-43-34(42)39(38-19-7-2-8-20-38)31-15-6-5-14-30(31)27-10-3-1-4-11-27/h1,3-6,9-15,22,26,35-36H,2,7-8,16-21,23-25H2,(H,37,41). The van der Waals surface area contributed by atoms with Gasteiger partial charge in [0.05, 0.1) is 18.8 Å². The lowest BCUT2D eigenvalue weighted by Gasteiger charge is -2.37. The van der Waals surface area contributed by atoms with Crippen molar-refractivity contribution in [2.24, 2.45) is 5.92 Å². The molecule has 2 amide bonds. The van der Waals surface area contributed by atoms with Gasteiger partial charge in [-0.25, -0.2) is 14.8 Å². The smallest absolute Gasteiger partial charge is 0.429 e. The first-order chi connectivity index (χ1) is 21.1. The highest BCUT2D eigenvalue weighted by atomic mass is 16.6. The third kappa shape index (κ3) is 8.97. The second-order valence-electron chi connectivity index (χ2n) is 11.1. The Bertz CT molecular complexity index is 1370. The lowest BCUT2D eigenvalue weighted by Crippen LogP contribution is -2.50. The first kappa shape index (κ1) is 30.4. The van der Waals surface area contributed by atoms with E-state index in [2.05, 4.69) is 21.0 Å². The molecule has 2 fully saturated rings. The van der Waals surface area contributed by atoms with E-state index in [1.807, 2.05) is 54.6 Å². The summed E-state index contributed by atoms with van der Waals surface area (Å²) in [5.41, 5.74) is 3.87. The van der Waals surface area contributed by atoms with Crippen molar-refractivity contribution < 1.29 is 19.1 Å². The van der Waals surface area contributed by atoms with Crippen LogP contribution in [-0.2, 0) is 9.53 Å². The van der Waals surface area contributed by atoms with Crippen molar-refractivity contribution >= 4 is 29.2 Å². The fourth-order valence-corrected chi connectivity index (χ4v) is 5.23. The van der Waals surface area contributed by atoms with Gasteiger partial charge in [0.15, 0.2) is 5.78 Å². The predicted molar refractivity (Wildman–Crippen MR) is 169 cm³/mol. The van der Waals surface area contributed by atoms with Crippen molar-refractivity contribution in [2.45, 2.75) is 32.1 Å². The van der Waals surface area contributed by atoms with E-state index in [9.17, 15) is 14.4 Å². The van der Waals surface area contributed by atoms with Gasteiger partial charge in [0, 0.05) is 36.4 Å². The molecule has 0 aromatic heterocycles. The number of hydrogen-bond donors (Lipinski definition) is 3. The van der Waals surface area contributed by atoms with Crippen LogP contribution in [-0.4, -0.2) is 68.7 Å². The summed E-state index contributed by atoms with van der Waals surface area (Å²) >= 11 is 0. The molecule has 2 aliphatic rings. The molecule has 1 aliphatic heterocycles. The quantitative estimate of drug-likeness (QED) is 0.179. The fraction of sp³-hybridized carbons (Fsp3) is 0.382. The first-order valence-corrected chi connectivity index (χ1v) is 15.3. The van der Waals surface area contributed by atoms with Crippen molar-refractivity contribution in [3.05, 3.63) is 84.4 Å². The number of carbonyl (C=O) groups is 3. The summed E-state index contributed by atoms with van der Waals surface area (Å²) in [5, 5.41) is 12.8. The largest absolute Gasteiger partial charge is 0.447 e. The van der Waals surface area contributed by atoms with Gasteiger partial charge in [-0.1, -0.05) is 67.1 Å². The molecule has 3 aromatic rings. The van der Waals surface area contributed by atoms with Crippen molar-refractivity contribution in [1.29, 1.82) is 0 Å². The summed E-state index contributed by atoms with van der Waals surface area (Å²) in [6.45, 7) is 3.21. The minimum Gasteiger partial charge on any atom is -0.447 e. The lowest BCUT2D eigenvalue weighted by molar-refractivity contribution is -0.115. The molecular formula is C34H41N5O4. The van der Waals surface area contributed by atoms with Crippen molar-refractivity contribution in [3.63, 3.8) is 0 Å². The normalized spacial score (nSPS) is 15.1. The molecule has 3 aromatic carbocycles. The van der Waals surface area contributed by atoms with Crippen LogP contribution >= 0.6 is 0 Å². The molecule has 9 nitrogen and oxygen atoms in total. The Morgan fingerprint density at radius 2 is 1.60 bits per heavy atom. The summed E-state index contributed by atoms with van der Waals surface area (Å²) in [5.74, 6) is 0.464. The average Bonchev–Trinajstić information content (AvgIpc) is 3.87. The first-order valence-electron chi connectivity index (χ1n) is 15.3. The maximum absolute atomic E-state index is 13.5. The number of nitrogens with one attached hydrogen (secondary N) is 3. The van der Waals surface area contributed by atoms with Gasteiger partial charge in [0.25, 0.3) is 0 Å². The lowest BCUT2D eigenvalue weighted by atomic mass is 10.0. The number of nitrogens with zero attached hydrogens (tertiary/aromatic N) is 2. The summed E-state index contributed by atoms with van der Waals surface area (Å²) in [7, 11) is 0. The molecule has 1 heterocycles. The van der Waals surface area contributed by atoms with Crippen LogP contribution < -0.4 is 21.0 Å². The topological polar surface area (TPSA) is 103 Å². The number of ketones is 1. The van der Waals surface area contributed by atoms with Crippen LogP contribution in [0.5, 0.6) is 0 Å². The Morgan fingerprint density at radius 3 is 2.40 bits per heavy atom. The molecule has 9 heteroatoms. The zero-order valence-corrected chi connectivity index (χ0v) is 24.6. The number of hydrazine groups is 1. The summed E-state index contributed by atoms with van der Waals surface area (Å²) in [6, 6.07) is 24.9. The number of Topliss-reactive ketones (excluding diaryl/α,β-unsaturated/α-hetero) is 1. The molecule has 3 N–H and O–H groups in total. The second kappa shape index (κ2) is 15.4. The van der Waals surface area contributed by atoms with Gasteiger partial charge in [-0.3, -0.25) is 9.59 Å². The van der Waals surface area contributed by atoms with Crippen molar-refractivity contribution in [3.8, 4) is 11.1 Å². The second-order valence-corrected chi connectivity index (χ2v) is 11.1. The molecule has 1 saturated heterocycles. The SMILES string of the molecule is O=C(CNCC1CC1)Nc1cccc(C(=O)CNCCOC(=O)N(c2ccccc2-c2ccccc2)N2CCCCC2)c1. The predicted octanol–water partition coefficient (Wildman–Crippen LogP) is 5.11. The number of benzene rings is 3. The van der Waals surface area contributed by atoms with Crippen LogP contribution in [0.15, 0.2) is 78.9 Å². The number of hydrogen-bond acceptors (Lipinski definition) is 7. The Hall–Kier alpha value is -4.05. The Labute approximate surface area is 253 Å². The fourth-order valence-electron chi connectivity index (χ4n) is 5.23. The van der Waals surface area contributed by atoms with Crippen molar-refractivity contribution in [1.82, 2.24) is 15.6 Å². The molecule has 1 saturated carbocycles. The van der Waals surface area contributed by atoms with Gasteiger partial charge in [0.1, 0.15) is 6.61 Å². The summed E-state index contributed by atoms with van der Waals surface area (Å²) in [6.07, 6.45) is 5.20. The van der Waals surface area contributed by atoms with E-state index in [4.69, 9.17) is 4.74 Å². The van der Waals surface area contributed by atoms with E-state index in [0.717, 1.165) is 55.7 Å². The van der Waals surface area contributed by atoms with Gasteiger partial charge < -0.3 is 20.7 Å². The minimum absolute atomic E-state index is 0.0879. The maximum atomic E-state index is 13.5. The molecule has 0 unspecified atom stereocenters. The number of rotatable bonds is 14. The van der Waals surface area contributed by atoms with E-state index in [-0.39, 0.29) is 31.4 Å². The Balaban J connectivity index is 1.12. The number of ether oxygens (including phenoxy) is 1. The van der Waals surface area contributed by atoms with E-state index in [0.29, 0.717) is 23.7 Å². The number of para-hydroxylation sites is 1. The van der Waals surface area contributed by atoms with Crippen molar-refractivity contribution in [2.75, 3.05) is 56.2 Å². The highest BCUT2D eigenvalue weighted by molar-refractivity contribution is 6.00. The third-order valence-electron chi connectivity index (χ3n) is 7.68. The zero-order chi connectivity index (χ0) is 29.9. The molecule has 0 bridgehead atoms. The molecule has 0 atom stereocenters. The van der Waals surface area contributed by atoms with Crippen LogP contribution in [0.4, 0.5) is 16.2 Å². The van der Waals surface area contributed by atoms with Crippen LogP contribution in [0.2, 0.25) is 0 Å². The minimum atomic E-state index is -0.437. The van der Waals surface area contributed by atoms with Gasteiger partial charge in [-0.15, -0.1) is 0 Å².